The lowest BCUT2D eigenvalue weighted by Crippen LogP contribution is -2.06. The van der Waals surface area contributed by atoms with Gasteiger partial charge in [0.2, 0.25) is 0 Å². The van der Waals surface area contributed by atoms with E-state index in [1.807, 2.05) is 97.1 Å². The van der Waals surface area contributed by atoms with Crippen molar-refractivity contribution in [1.29, 1.82) is 21.0 Å². The van der Waals surface area contributed by atoms with Gasteiger partial charge in [0, 0.05) is 32.7 Å². The summed E-state index contributed by atoms with van der Waals surface area (Å²) in [5.74, 6) is -0.621. The van der Waals surface area contributed by atoms with Gasteiger partial charge in [0.1, 0.15) is 5.82 Å². The number of rotatable bonds is 7. The molecule has 0 aliphatic heterocycles. The van der Waals surface area contributed by atoms with Gasteiger partial charge in [-0.3, -0.25) is 0 Å². The average molecular weight is 957 g/mol. The van der Waals surface area contributed by atoms with Crippen LogP contribution in [0.15, 0.2) is 200 Å². The minimum absolute atomic E-state index is 0.154. The van der Waals surface area contributed by atoms with Gasteiger partial charge in [-0.1, -0.05) is 97.1 Å². The largest absolute Gasteiger partial charge is 0.308 e. The van der Waals surface area contributed by atoms with E-state index in [9.17, 15) is 21.0 Å². The van der Waals surface area contributed by atoms with Crippen molar-refractivity contribution < 1.29 is 4.39 Å². The van der Waals surface area contributed by atoms with E-state index in [0.717, 1.165) is 88.1 Å². The third-order valence-corrected chi connectivity index (χ3v) is 14.0. The summed E-state index contributed by atoms with van der Waals surface area (Å²) in [6, 6.07) is 71.4. The van der Waals surface area contributed by atoms with E-state index in [-0.39, 0.29) is 11.1 Å². The molecular formula is C66H33FN8. The Bertz CT molecular complexity index is 4150. The molecule has 344 valence electrons. The van der Waals surface area contributed by atoms with E-state index < -0.39 is 5.82 Å². The van der Waals surface area contributed by atoms with Gasteiger partial charge in [0.05, 0.1) is 93.1 Å². The predicted octanol–water partition coefficient (Wildman–Crippen LogP) is 16.9. The first kappa shape index (κ1) is 44.8. The van der Waals surface area contributed by atoms with Crippen LogP contribution in [0.3, 0.4) is 0 Å². The van der Waals surface area contributed by atoms with Crippen molar-refractivity contribution in [1.82, 2.24) is 9.13 Å². The fourth-order valence-electron chi connectivity index (χ4n) is 10.3. The standard InChI is InChI=1S/C66H33FN8/c1-72-52-20-12-46(13-21-52)50-18-27-62-57(34-50)58-35-51(47-14-22-53(73-2)23-15-47)19-28-63(58)75(62)65-31-43(39-71)30-64(66(65)54-24-7-42(38-70)29-59(54)67)74-60-25-16-48(44-8-3-40(36-68)4-9-44)32-55(60)56-33-49(17-26-61(56)74)45-10-5-41(37-69)6-11-45/h3-35H. The van der Waals surface area contributed by atoms with Crippen molar-refractivity contribution in [3.05, 3.63) is 251 Å². The van der Waals surface area contributed by atoms with Crippen molar-refractivity contribution >= 4 is 55.0 Å². The number of aromatic nitrogens is 2. The second-order valence-corrected chi connectivity index (χ2v) is 18.1. The van der Waals surface area contributed by atoms with Crippen LogP contribution in [0, 0.1) is 64.3 Å². The molecule has 0 saturated carbocycles. The van der Waals surface area contributed by atoms with Crippen LogP contribution in [-0.4, -0.2) is 9.13 Å². The van der Waals surface area contributed by atoms with Crippen LogP contribution < -0.4 is 0 Å². The Balaban J connectivity index is 1.19. The molecule has 0 fully saturated rings. The number of nitriles is 4. The molecule has 0 atom stereocenters. The molecule has 0 aliphatic rings. The quantitative estimate of drug-likeness (QED) is 0.148. The molecule has 2 aromatic heterocycles. The minimum Gasteiger partial charge on any atom is -0.308 e. The highest BCUT2D eigenvalue weighted by Gasteiger charge is 2.26. The number of halogens is 1. The molecule has 0 bridgehead atoms. The molecule has 2 heterocycles. The zero-order valence-electron chi connectivity index (χ0n) is 39.5. The van der Waals surface area contributed by atoms with E-state index in [1.165, 1.54) is 6.07 Å². The lowest BCUT2D eigenvalue weighted by molar-refractivity contribution is 0.630. The van der Waals surface area contributed by atoms with E-state index in [2.05, 4.69) is 67.4 Å². The normalized spacial score (nSPS) is 10.9. The first-order chi connectivity index (χ1) is 36.8. The highest BCUT2D eigenvalue weighted by atomic mass is 19.1. The molecule has 10 aromatic carbocycles. The van der Waals surface area contributed by atoms with Crippen molar-refractivity contribution in [2.24, 2.45) is 0 Å². The first-order valence-electron chi connectivity index (χ1n) is 23.7. The summed E-state index contributed by atoms with van der Waals surface area (Å²) in [5.41, 5.74) is 14.8. The molecule has 12 rings (SSSR count). The van der Waals surface area contributed by atoms with Crippen molar-refractivity contribution in [3.63, 3.8) is 0 Å². The Hall–Kier alpha value is -11.3. The van der Waals surface area contributed by atoms with Crippen molar-refractivity contribution in [2.45, 2.75) is 0 Å². The third kappa shape index (κ3) is 7.65. The summed E-state index contributed by atoms with van der Waals surface area (Å²) in [4.78, 5) is 7.19. The topological polar surface area (TPSA) is 114 Å². The molecule has 0 spiro atoms. The fourth-order valence-corrected chi connectivity index (χ4v) is 10.3. The smallest absolute Gasteiger partial charge is 0.187 e. The van der Waals surface area contributed by atoms with Gasteiger partial charge in [-0.05, 0) is 148 Å². The number of nitrogens with zero attached hydrogens (tertiary/aromatic N) is 8. The van der Waals surface area contributed by atoms with Crippen LogP contribution in [0.2, 0.25) is 0 Å². The van der Waals surface area contributed by atoms with Crippen LogP contribution in [0.25, 0.3) is 120 Å². The van der Waals surface area contributed by atoms with E-state index in [1.54, 1.807) is 72.8 Å². The maximum absolute atomic E-state index is 17.3. The Kier molecular flexibility index (Phi) is 10.8. The molecule has 9 heteroatoms. The average Bonchev–Trinajstić information content (AvgIpc) is 4.10. The van der Waals surface area contributed by atoms with Gasteiger partial charge < -0.3 is 9.13 Å². The van der Waals surface area contributed by atoms with Crippen LogP contribution in [-0.2, 0) is 0 Å². The molecule has 0 aliphatic carbocycles. The zero-order valence-corrected chi connectivity index (χ0v) is 39.5. The van der Waals surface area contributed by atoms with Gasteiger partial charge in [-0.15, -0.1) is 0 Å². The van der Waals surface area contributed by atoms with E-state index >= 15 is 4.39 Å². The van der Waals surface area contributed by atoms with Gasteiger partial charge in [-0.25, -0.2) is 14.1 Å². The fraction of sp³-hybridized carbons (Fsp3) is 0. The number of hydrogen-bond acceptors (Lipinski definition) is 4. The van der Waals surface area contributed by atoms with Crippen molar-refractivity contribution in [2.75, 3.05) is 0 Å². The lowest BCUT2D eigenvalue weighted by atomic mass is 9.96. The maximum atomic E-state index is 17.3. The van der Waals surface area contributed by atoms with E-state index in [0.29, 0.717) is 45.0 Å². The third-order valence-electron chi connectivity index (χ3n) is 14.0. The zero-order chi connectivity index (χ0) is 51.3. The van der Waals surface area contributed by atoms with Crippen LogP contribution in [0.4, 0.5) is 15.8 Å². The van der Waals surface area contributed by atoms with Gasteiger partial charge in [0.25, 0.3) is 0 Å². The molecule has 12 aromatic rings. The molecule has 0 radical (unpaired) electrons. The van der Waals surface area contributed by atoms with Gasteiger partial charge in [0.15, 0.2) is 11.4 Å². The molecule has 0 saturated heterocycles. The molecule has 0 N–H and O–H groups in total. The Morgan fingerprint density at radius 3 is 0.947 bits per heavy atom. The summed E-state index contributed by atoms with van der Waals surface area (Å²) in [6.45, 7) is 15.1. The molecule has 0 unspecified atom stereocenters. The number of hydrogen-bond donors (Lipinski definition) is 0. The number of fused-ring (bicyclic) bond motifs is 6. The predicted molar refractivity (Wildman–Crippen MR) is 294 cm³/mol. The van der Waals surface area contributed by atoms with Crippen LogP contribution in [0.1, 0.15) is 22.3 Å². The molecule has 8 nitrogen and oxygen atoms in total. The first-order valence-corrected chi connectivity index (χ1v) is 23.7. The Morgan fingerprint density at radius 2 is 0.640 bits per heavy atom. The van der Waals surface area contributed by atoms with Crippen LogP contribution in [0.5, 0.6) is 0 Å². The SMILES string of the molecule is [C-]#[N+]c1ccc(-c2ccc3c(c2)c2cc(-c4ccc([N+]#[C-])cc4)ccc2n3-c2cc(C#N)cc(-n3c4ccc(-c5ccc(C#N)cc5)cc4c4cc(-c5ccc(C#N)cc5)ccc43)c2-c2ccc(C#N)cc2F)cc1. The molecule has 75 heavy (non-hydrogen) atoms. The maximum Gasteiger partial charge on any atom is 0.187 e. The Morgan fingerprint density at radius 1 is 0.333 bits per heavy atom. The summed E-state index contributed by atoms with van der Waals surface area (Å²) in [7, 11) is 0. The monoisotopic (exact) mass is 956 g/mol. The summed E-state index contributed by atoms with van der Waals surface area (Å²) < 4.78 is 21.4. The molecule has 0 amide bonds. The highest BCUT2D eigenvalue weighted by Crippen LogP contribution is 2.46. The van der Waals surface area contributed by atoms with Gasteiger partial charge in [-0.2, -0.15) is 21.0 Å². The summed E-state index contributed by atoms with van der Waals surface area (Å²) >= 11 is 0. The lowest BCUT2D eigenvalue weighted by Gasteiger charge is -2.21. The molecular weight excluding hydrogens is 924 g/mol. The second kappa shape index (κ2) is 18.1. The van der Waals surface area contributed by atoms with Crippen molar-refractivity contribution in [3.8, 4) is 91.3 Å². The van der Waals surface area contributed by atoms with Gasteiger partial charge >= 0.3 is 0 Å². The van der Waals surface area contributed by atoms with E-state index in [4.69, 9.17) is 13.1 Å². The number of benzene rings is 10. The highest BCUT2D eigenvalue weighted by molar-refractivity contribution is 6.14. The second-order valence-electron chi connectivity index (χ2n) is 18.1. The van der Waals surface area contributed by atoms with Crippen LogP contribution >= 0.6 is 0 Å². The summed E-state index contributed by atoms with van der Waals surface area (Å²) in [6.07, 6.45) is 0. The summed E-state index contributed by atoms with van der Waals surface area (Å²) in [5, 5.41) is 43.7. The Labute approximate surface area is 430 Å². The minimum atomic E-state index is -0.621.